The first-order valence-corrected chi connectivity index (χ1v) is 4.83. The van der Waals surface area contributed by atoms with Gasteiger partial charge in [-0.15, -0.1) is 0 Å². The van der Waals surface area contributed by atoms with Gasteiger partial charge in [-0.3, -0.25) is 0 Å². The van der Waals surface area contributed by atoms with Crippen LogP contribution < -0.4 is 5.73 Å². The summed E-state index contributed by atoms with van der Waals surface area (Å²) in [6, 6.07) is 10.1. The Morgan fingerprint density at radius 2 is 1.93 bits per heavy atom. The lowest BCUT2D eigenvalue weighted by atomic mass is 10.1. The summed E-state index contributed by atoms with van der Waals surface area (Å²) >= 11 is 0. The van der Waals surface area contributed by atoms with E-state index in [1.165, 1.54) is 11.3 Å². The highest BCUT2D eigenvalue weighted by Gasteiger charge is 2.01. The Morgan fingerprint density at radius 1 is 1.21 bits per heavy atom. The average Bonchev–Trinajstić information content (AvgIpc) is 2.70. The molecule has 2 heteroatoms. The van der Waals surface area contributed by atoms with Crippen molar-refractivity contribution < 1.29 is 0 Å². The first-order valence-electron chi connectivity index (χ1n) is 4.83. The number of nitrogen functional groups attached to an aromatic ring is 1. The predicted molar refractivity (Wildman–Crippen MR) is 59.6 cm³/mol. The normalized spacial score (nSPS) is 10.4. The Bertz CT molecular complexity index is 416. The zero-order valence-electron chi connectivity index (χ0n) is 8.27. The lowest BCUT2D eigenvalue weighted by Gasteiger charge is -2.09. The summed E-state index contributed by atoms with van der Waals surface area (Å²) in [5, 5.41) is 0. The third-order valence-electron chi connectivity index (χ3n) is 2.37. The van der Waals surface area contributed by atoms with Crippen molar-refractivity contribution in [3.05, 3.63) is 48.3 Å². The van der Waals surface area contributed by atoms with Crippen LogP contribution in [0.3, 0.4) is 0 Å². The summed E-state index contributed by atoms with van der Waals surface area (Å²) in [6.45, 7) is 2.14. The summed E-state index contributed by atoms with van der Waals surface area (Å²) in [6.07, 6.45) is 5.09. The van der Waals surface area contributed by atoms with Crippen LogP contribution in [0.4, 0.5) is 5.69 Å². The van der Waals surface area contributed by atoms with E-state index in [4.69, 9.17) is 5.73 Å². The summed E-state index contributed by atoms with van der Waals surface area (Å²) in [7, 11) is 0. The number of aryl methyl sites for hydroxylation is 1. The Morgan fingerprint density at radius 3 is 2.57 bits per heavy atom. The first-order chi connectivity index (χ1) is 6.81. The fourth-order valence-electron chi connectivity index (χ4n) is 1.64. The van der Waals surface area contributed by atoms with Crippen LogP contribution in [0.25, 0.3) is 5.69 Å². The second-order valence-electron chi connectivity index (χ2n) is 3.33. The number of benzene rings is 1. The lowest BCUT2D eigenvalue weighted by molar-refractivity contribution is 1.02. The molecule has 0 atom stereocenters. The lowest BCUT2D eigenvalue weighted by Crippen LogP contribution is -1.97. The predicted octanol–water partition coefficient (Wildman–Crippen LogP) is 2.62. The highest BCUT2D eigenvalue weighted by Crippen LogP contribution is 2.18. The molecule has 0 aliphatic heterocycles. The van der Waals surface area contributed by atoms with E-state index in [9.17, 15) is 0 Å². The van der Waals surface area contributed by atoms with E-state index in [0.717, 1.165) is 12.1 Å². The van der Waals surface area contributed by atoms with Crippen LogP contribution in [-0.4, -0.2) is 4.57 Å². The van der Waals surface area contributed by atoms with Gasteiger partial charge in [0.1, 0.15) is 0 Å². The highest BCUT2D eigenvalue weighted by molar-refractivity contribution is 5.51. The highest BCUT2D eigenvalue weighted by atomic mass is 14.9. The van der Waals surface area contributed by atoms with Crippen molar-refractivity contribution in [1.29, 1.82) is 0 Å². The maximum absolute atomic E-state index is 5.75. The van der Waals surface area contributed by atoms with Crippen LogP contribution in [0.1, 0.15) is 12.5 Å². The van der Waals surface area contributed by atoms with Gasteiger partial charge in [-0.2, -0.15) is 0 Å². The number of hydrogen-bond acceptors (Lipinski definition) is 1. The van der Waals surface area contributed by atoms with Gasteiger partial charge >= 0.3 is 0 Å². The Kier molecular flexibility index (Phi) is 2.27. The second kappa shape index (κ2) is 3.58. The van der Waals surface area contributed by atoms with E-state index in [1.807, 2.05) is 36.7 Å². The molecule has 2 aromatic rings. The zero-order valence-corrected chi connectivity index (χ0v) is 8.27. The smallest absolute Gasteiger partial charge is 0.0482 e. The van der Waals surface area contributed by atoms with Gasteiger partial charge in [-0.1, -0.05) is 6.92 Å². The van der Waals surface area contributed by atoms with Gasteiger partial charge < -0.3 is 10.3 Å². The Labute approximate surface area is 84.0 Å². The molecule has 0 bridgehead atoms. The maximum Gasteiger partial charge on any atom is 0.0482 e. The molecule has 0 saturated heterocycles. The monoisotopic (exact) mass is 186 g/mol. The molecule has 0 spiro atoms. The zero-order chi connectivity index (χ0) is 9.97. The molecule has 0 saturated carbocycles. The topological polar surface area (TPSA) is 30.9 Å². The second-order valence-corrected chi connectivity index (χ2v) is 3.33. The molecule has 0 fully saturated rings. The molecule has 2 N–H and O–H groups in total. The van der Waals surface area contributed by atoms with Crippen molar-refractivity contribution in [2.75, 3.05) is 5.73 Å². The molecular formula is C12H14N2. The molecule has 14 heavy (non-hydrogen) atoms. The molecule has 0 aliphatic carbocycles. The molecule has 2 rings (SSSR count). The summed E-state index contributed by atoms with van der Waals surface area (Å²) < 4.78 is 2.11. The molecule has 1 aromatic heterocycles. The number of rotatable bonds is 2. The van der Waals surface area contributed by atoms with E-state index in [-0.39, 0.29) is 0 Å². The maximum atomic E-state index is 5.75. The Hall–Kier alpha value is -1.70. The third kappa shape index (κ3) is 1.51. The fraction of sp³-hybridized carbons (Fsp3) is 0.167. The molecule has 1 aromatic carbocycles. The van der Waals surface area contributed by atoms with Crippen molar-refractivity contribution >= 4 is 5.69 Å². The van der Waals surface area contributed by atoms with Gasteiger partial charge in [0, 0.05) is 23.8 Å². The molecular weight excluding hydrogens is 172 g/mol. The number of nitrogens with two attached hydrogens (primary N) is 1. The standard InChI is InChI=1S/C12H14N2/c1-2-10-9-11(13)5-6-12(10)14-7-3-4-8-14/h3-9H,2,13H2,1H3. The van der Waals surface area contributed by atoms with Gasteiger partial charge in [0.15, 0.2) is 0 Å². The molecule has 72 valence electrons. The number of aromatic nitrogens is 1. The summed E-state index contributed by atoms with van der Waals surface area (Å²) in [5.74, 6) is 0. The molecule has 0 unspecified atom stereocenters. The van der Waals surface area contributed by atoms with Gasteiger partial charge in [0.25, 0.3) is 0 Å². The van der Waals surface area contributed by atoms with Gasteiger partial charge in [0.2, 0.25) is 0 Å². The first kappa shape index (κ1) is 8.88. The van der Waals surface area contributed by atoms with Crippen molar-refractivity contribution in [1.82, 2.24) is 4.57 Å². The van der Waals surface area contributed by atoms with Crippen LogP contribution in [0.15, 0.2) is 42.7 Å². The molecule has 0 radical (unpaired) electrons. The SMILES string of the molecule is CCc1cc(N)ccc1-n1cccc1. The van der Waals surface area contributed by atoms with E-state index in [1.54, 1.807) is 0 Å². The van der Waals surface area contributed by atoms with Crippen LogP contribution in [-0.2, 0) is 6.42 Å². The van der Waals surface area contributed by atoms with Crippen molar-refractivity contribution in [3.63, 3.8) is 0 Å². The largest absolute Gasteiger partial charge is 0.399 e. The summed E-state index contributed by atoms with van der Waals surface area (Å²) in [5.41, 5.74) is 9.07. The van der Waals surface area contributed by atoms with E-state index >= 15 is 0 Å². The quantitative estimate of drug-likeness (QED) is 0.718. The van der Waals surface area contributed by atoms with Crippen LogP contribution in [0.5, 0.6) is 0 Å². The van der Waals surface area contributed by atoms with Crippen LogP contribution in [0, 0.1) is 0 Å². The van der Waals surface area contributed by atoms with E-state index in [0.29, 0.717) is 0 Å². The number of hydrogen-bond donors (Lipinski definition) is 1. The minimum absolute atomic E-state index is 0.831. The van der Waals surface area contributed by atoms with Crippen molar-refractivity contribution in [3.8, 4) is 5.69 Å². The van der Waals surface area contributed by atoms with Gasteiger partial charge in [0.05, 0.1) is 0 Å². The van der Waals surface area contributed by atoms with Gasteiger partial charge in [-0.25, -0.2) is 0 Å². The van der Waals surface area contributed by atoms with Gasteiger partial charge in [-0.05, 0) is 42.3 Å². The molecule has 0 aliphatic rings. The van der Waals surface area contributed by atoms with Crippen molar-refractivity contribution in [2.24, 2.45) is 0 Å². The minimum Gasteiger partial charge on any atom is -0.399 e. The molecule has 0 amide bonds. The molecule has 1 heterocycles. The van der Waals surface area contributed by atoms with Crippen molar-refractivity contribution in [2.45, 2.75) is 13.3 Å². The summed E-state index contributed by atoms with van der Waals surface area (Å²) in [4.78, 5) is 0. The van der Waals surface area contributed by atoms with Crippen LogP contribution in [0.2, 0.25) is 0 Å². The van der Waals surface area contributed by atoms with E-state index < -0.39 is 0 Å². The fourth-order valence-corrected chi connectivity index (χ4v) is 1.64. The number of nitrogens with zero attached hydrogens (tertiary/aromatic N) is 1. The minimum atomic E-state index is 0.831. The van der Waals surface area contributed by atoms with E-state index in [2.05, 4.69) is 17.6 Å². The third-order valence-corrected chi connectivity index (χ3v) is 2.37. The average molecular weight is 186 g/mol. The molecule has 2 nitrogen and oxygen atoms in total. The number of anilines is 1. The Balaban J connectivity index is 2.53. The van der Waals surface area contributed by atoms with Crippen LogP contribution >= 0.6 is 0 Å².